The van der Waals surface area contributed by atoms with Crippen LogP contribution in [-0.2, 0) is 13.1 Å². The van der Waals surface area contributed by atoms with Gasteiger partial charge in [0.2, 0.25) is 0 Å². The van der Waals surface area contributed by atoms with Crippen molar-refractivity contribution in [3.63, 3.8) is 0 Å². The second kappa shape index (κ2) is 8.68. The molecule has 2 amide bonds. The monoisotopic (exact) mass is 345 g/mol. The molecule has 1 aromatic carbocycles. The Hall–Kier alpha value is -1.59. The van der Waals surface area contributed by atoms with Gasteiger partial charge in [-0.15, -0.1) is 0 Å². The van der Waals surface area contributed by atoms with Gasteiger partial charge in [-0.1, -0.05) is 31.2 Å². The summed E-state index contributed by atoms with van der Waals surface area (Å²) in [6.45, 7) is 6.12. The molecule has 0 saturated carbocycles. The number of likely N-dealkylation sites (tertiary alicyclic amines) is 2. The van der Waals surface area contributed by atoms with Crippen LogP contribution in [0, 0.1) is 0 Å². The van der Waals surface area contributed by atoms with E-state index in [1.165, 1.54) is 17.5 Å². The van der Waals surface area contributed by atoms with E-state index in [1.807, 2.05) is 17.0 Å². The Kier molecular flexibility index (Phi) is 6.32. The van der Waals surface area contributed by atoms with Crippen molar-refractivity contribution in [2.24, 2.45) is 0 Å². The Labute approximate surface area is 151 Å². The van der Waals surface area contributed by atoms with Crippen molar-refractivity contribution in [2.45, 2.75) is 64.3 Å². The quantitative estimate of drug-likeness (QED) is 0.863. The summed E-state index contributed by atoms with van der Waals surface area (Å²) in [6.07, 6.45) is 5.15. The lowest BCUT2D eigenvalue weighted by atomic mass is 10.0. The van der Waals surface area contributed by atoms with Crippen LogP contribution in [0.5, 0.6) is 0 Å². The van der Waals surface area contributed by atoms with Crippen molar-refractivity contribution in [3.05, 3.63) is 35.4 Å². The standard InChI is InChI=1S/C20H31N3O2/c1-2-18-9-5-6-11-23(18)20(25)21-13-16-7-3-4-8-17(16)14-22-12-10-19(24)15-22/h3-4,7-8,18-19,24H,2,5-6,9-15H2,1H3,(H,21,25). The summed E-state index contributed by atoms with van der Waals surface area (Å²) in [6, 6.07) is 8.75. The van der Waals surface area contributed by atoms with Gasteiger partial charge >= 0.3 is 6.03 Å². The smallest absolute Gasteiger partial charge is 0.317 e. The maximum absolute atomic E-state index is 12.6. The van der Waals surface area contributed by atoms with Crippen LogP contribution in [0.4, 0.5) is 4.79 Å². The summed E-state index contributed by atoms with van der Waals surface area (Å²) in [7, 11) is 0. The average molecular weight is 345 g/mol. The zero-order chi connectivity index (χ0) is 17.6. The van der Waals surface area contributed by atoms with E-state index in [0.717, 1.165) is 51.9 Å². The van der Waals surface area contributed by atoms with Gasteiger partial charge < -0.3 is 15.3 Å². The van der Waals surface area contributed by atoms with E-state index in [9.17, 15) is 9.90 Å². The fourth-order valence-corrected chi connectivity index (χ4v) is 4.05. The van der Waals surface area contributed by atoms with E-state index in [0.29, 0.717) is 12.6 Å². The van der Waals surface area contributed by atoms with Crippen LogP contribution in [0.25, 0.3) is 0 Å². The molecular formula is C20H31N3O2. The van der Waals surface area contributed by atoms with Gasteiger partial charge in [-0.05, 0) is 43.2 Å². The number of carbonyl (C=O) groups excluding carboxylic acids is 1. The summed E-state index contributed by atoms with van der Waals surface area (Å²) < 4.78 is 0. The second-order valence-corrected chi connectivity index (χ2v) is 7.36. The number of hydrogen-bond donors (Lipinski definition) is 2. The van der Waals surface area contributed by atoms with E-state index in [4.69, 9.17) is 0 Å². The minimum atomic E-state index is -0.197. The molecule has 0 aromatic heterocycles. The first kappa shape index (κ1) is 18.2. The molecule has 5 nitrogen and oxygen atoms in total. The van der Waals surface area contributed by atoms with Crippen LogP contribution in [-0.4, -0.2) is 52.7 Å². The fourth-order valence-electron chi connectivity index (χ4n) is 4.05. The highest BCUT2D eigenvalue weighted by molar-refractivity contribution is 5.74. The van der Waals surface area contributed by atoms with Gasteiger partial charge in [-0.25, -0.2) is 4.79 Å². The van der Waals surface area contributed by atoms with Crippen LogP contribution < -0.4 is 5.32 Å². The Balaban J connectivity index is 1.58. The molecule has 2 fully saturated rings. The predicted octanol–water partition coefficient (Wildman–Crippen LogP) is 2.73. The number of piperidine rings is 1. The number of nitrogens with one attached hydrogen (secondary N) is 1. The van der Waals surface area contributed by atoms with Gasteiger partial charge in [0.1, 0.15) is 0 Å². The van der Waals surface area contributed by atoms with Crippen molar-refractivity contribution in [3.8, 4) is 0 Å². The van der Waals surface area contributed by atoms with Crippen LogP contribution in [0.3, 0.4) is 0 Å². The number of benzene rings is 1. The van der Waals surface area contributed by atoms with E-state index >= 15 is 0 Å². The van der Waals surface area contributed by atoms with Crippen molar-refractivity contribution in [1.29, 1.82) is 0 Å². The van der Waals surface area contributed by atoms with E-state index < -0.39 is 0 Å². The molecule has 2 saturated heterocycles. The van der Waals surface area contributed by atoms with Crippen molar-refractivity contribution < 1.29 is 9.90 Å². The van der Waals surface area contributed by atoms with Crippen molar-refractivity contribution in [2.75, 3.05) is 19.6 Å². The second-order valence-electron chi connectivity index (χ2n) is 7.36. The molecule has 3 rings (SSSR count). The number of carbonyl (C=O) groups is 1. The number of hydrogen-bond acceptors (Lipinski definition) is 3. The maximum atomic E-state index is 12.6. The van der Waals surface area contributed by atoms with Gasteiger partial charge in [0.25, 0.3) is 0 Å². The number of aliphatic hydroxyl groups is 1. The summed E-state index contributed by atoms with van der Waals surface area (Å²) in [5.74, 6) is 0. The molecule has 2 aliphatic rings. The molecule has 2 aliphatic heterocycles. The zero-order valence-corrected chi connectivity index (χ0v) is 15.3. The third-order valence-electron chi connectivity index (χ3n) is 5.55. The summed E-state index contributed by atoms with van der Waals surface area (Å²) in [5, 5.41) is 12.8. The molecular weight excluding hydrogens is 314 g/mol. The Morgan fingerprint density at radius 3 is 2.72 bits per heavy atom. The summed E-state index contributed by atoms with van der Waals surface area (Å²) in [4.78, 5) is 16.9. The number of amides is 2. The molecule has 138 valence electrons. The summed E-state index contributed by atoms with van der Waals surface area (Å²) in [5.41, 5.74) is 2.41. The minimum Gasteiger partial charge on any atom is -0.392 e. The minimum absolute atomic E-state index is 0.0675. The van der Waals surface area contributed by atoms with E-state index in [1.54, 1.807) is 0 Å². The fraction of sp³-hybridized carbons (Fsp3) is 0.650. The first-order valence-corrected chi connectivity index (χ1v) is 9.69. The lowest BCUT2D eigenvalue weighted by Gasteiger charge is -2.35. The molecule has 25 heavy (non-hydrogen) atoms. The highest BCUT2D eigenvalue weighted by atomic mass is 16.3. The predicted molar refractivity (Wildman–Crippen MR) is 99.2 cm³/mol. The molecule has 2 unspecified atom stereocenters. The highest BCUT2D eigenvalue weighted by Crippen LogP contribution is 2.20. The Bertz CT molecular complexity index is 578. The molecule has 1 aromatic rings. The third-order valence-corrected chi connectivity index (χ3v) is 5.55. The number of aliphatic hydroxyl groups excluding tert-OH is 1. The molecule has 0 spiro atoms. The molecule has 2 atom stereocenters. The molecule has 2 N–H and O–H groups in total. The molecule has 0 radical (unpaired) electrons. The van der Waals surface area contributed by atoms with Crippen molar-refractivity contribution in [1.82, 2.24) is 15.1 Å². The van der Waals surface area contributed by atoms with Gasteiger partial charge in [0.15, 0.2) is 0 Å². The lowest BCUT2D eigenvalue weighted by Crippen LogP contribution is -2.48. The van der Waals surface area contributed by atoms with Crippen LogP contribution >= 0.6 is 0 Å². The zero-order valence-electron chi connectivity index (χ0n) is 15.3. The highest BCUT2D eigenvalue weighted by Gasteiger charge is 2.25. The number of β-amino-alcohol motifs (C(OH)–C–C–N with tert-alkyl or cyclic N) is 1. The largest absolute Gasteiger partial charge is 0.392 e. The number of urea groups is 1. The lowest BCUT2D eigenvalue weighted by molar-refractivity contribution is 0.148. The normalized spacial score (nSPS) is 24.5. The first-order chi connectivity index (χ1) is 12.2. The third kappa shape index (κ3) is 4.73. The molecule has 0 aliphatic carbocycles. The Morgan fingerprint density at radius 1 is 1.20 bits per heavy atom. The van der Waals surface area contributed by atoms with Crippen LogP contribution in [0.1, 0.15) is 50.2 Å². The van der Waals surface area contributed by atoms with Crippen LogP contribution in [0.15, 0.2) is 24.3 Å². The van der Waals surface area contributed by atoms with E-state index in [2.05, 4.69) is 29.3 Å². The van der Waals surface area contributed by atoms with Crippen molar-refractivity contribution >= 4 is 6.03 Å². The SMILES string of the molecule is CCC1CCCCN1C(=O)NCc1ccccc1CN1CCC(O)C1. The van der Waals surface area contributed by atoms with Gasteiger partial charge in [0.05, 0.1) is 6.10 Å². The first-order valence-electron chi connectivity index (χ1n) is 9.69. The van der Waals surface area contributed by atoms with Crippen LogP contribution in [0.2, 0.25) is 0 Å². The van der Waals surface area contributed by atoms with Gasteiger partial charge in [-0.2, -0.15) is 0 Å². The number of rotatable bonds is 5. The van der Waals surface area contributed by atoms with Gasteiger partial charge in [-0.3, -0.25) is 4.90 Å². The van der Waals surface area contributed by atoms with Gasteiger partial charge in [0, 0.05) is 38.8 Å². The Morgan fingerprint density at radius 2 is 2.00 bits per heavy atom. The number of nitrogens with zero attached hydrogens (tertiary/aromatic N) is 2. The summed E-state index contributed by atoms with van der Waals surface area (Å²) >= 11 is 0. The molecule has 2 heterocycles. The molecule has 5 heteroatoms. The van der Waals surface area contributed by atoms with E-state index in [-0.39, 0.29) is 12.1 Å². The average Bonchev–Trinajstić information content (AvgIpc) is 3.05. The molecule has 0 bridgehead atoms. The topological polar surface area (TPSA) is 55.8 Å². The maximum Gasteiger partial charge on any atom is 0.317 e.